The van der Waals surface area contributed by atoms with Crippen molar-refractivity contribution in [2.45, 2.75) is 202 Å². The molecule has 27 atom stereocenters. The third-order valence-electron chi connectivity index (χ3n) is 18.3. The average Bonchev–Trinajstić information content (AvgIpc) is 3.76. The average molecular weight is 935 g/mol. The Labute approximate surface area is 381 Å². The molecule has 4 heterocycles. The Balaban J connectivity index is 0.847. The molecule has 4 saturated heterocycles. The van der Waals surface area contributed by atoms with Crippen LogP contribution in [0.5, 0.6) is 0 Å². The fourth-order valence-corrected chi connectivity index (χ4v) is 14.5. The number of ether oxygens (including phenoxy) is 8. The molecule has 0 bridgehead atoms. The number of rotatable bonds is 14. The Morgan fingerprint density at radius 2 is 1.22 bits per heavy atom. The Morgan fingerprint density at radius 1 is 0.631 bits per heavy atom. The van der Waals surface area contributed by atoms with Crippen molar-refractivity contribution in [3.63, 3.8) is 0 Å². The molecule has 27 unspecified atom stereocenters. The third kappa shape index (κ3) is 8.90. The topological polar surface area (TPSA) is 296 Å². The van der Waals surface area contributed by atoms with Crippen molar-refractivity contribution in [3.8, 4) is 0 Å². The van der Waals surface area contributed by atoms with Gasteiger partial charge in [-0.15, -0.1) is 0 Å². The van der Waals surface area contributed by atoms with Crippen LogP contribution in [0.1, 0.15) is 91.9 Å². The van der Waals surface area contributed by atoms with Crippen molar-refractivity contribution in [1.82, 2.24) is 0 Å². The van der Waals surface area contributed by atoms with E-state index in [9.17, 15) is 56.2 Å². The van der Waals surface area contributed by atoms with Gasteiger partial charge in [-0.25, -0.2) is 0 Å². The summed E-state index contributed by atoms with van der Waals surface area (Å²) in [5, 5.41) is 113. The molecule has 4 aliphatic heterocycles. The van der Waals surface area contributed by atoms with Gasteiger partial charge in [0.25, 0.3) is 0 Å². The van der Waals surface area contributed by atoms with Gasteiger partial charge in [0.2, 0.25) is 0 Å². The highest BCUT2D eigenvalue weighted by atomic mass is 16.7. The molecule has 0 amide bonds. The lowest BCUT2D eigenvalue weighted by Gasteiger charge is -2.61. The van der Waals surface area contributed by atoms with Crippen molar-refractivity contribution in [2.75, 3.05) is 33.5 Å². The van der Waals surface area contributed by atoms with Gasteiger partial charge in [-0.2, -0.15) is 0 Å². The predicted molar refractivity (Wildman–Crippen MR) is 224 cm³/mol. The van der Waals surface area contributed by atoms with E-state index in [1.165, 1.54) is 0 Å². The maximum Gasteiger partial charge on any atom is 0.187 e. The van der Waals surface area contributed by atoms with Crippen LogP contribution in [0.25, 0.3) is 0 Å². The summed E-state index contributed by atoms with van der Waals surface area (Å²) in [4.78, 5) is 0. The lowest BCUT2D eigenvalue weighted by Crippen LogP contribution is -2.65. The Morgan fingerprint density at radius 3 is 1.86 bits per heavy atom. The van der Waals surface area contributed by atoms with Crippen LogP contribution in [-0.2, 0) is 37.9 Å². The molecular weight excluding hydrogens is 856 g/mol. The first-order valence-electron chi connectivity index (χ1n) is 24.2. The molecule has 0 radical (unpaired) electrons. The van der Waals surface area contributed by atoms with Gasteiger partial charge < -0.3 is 94.1 Å². The largest absolute Gasteiger partial charge is 0.394 e. The number of aliphatic hydroxyl groups excluding tert-OH is 11. The molecular formula is C46H78O19. The molecule has 8 rings (SSSR count). The molecule has 0 aromatic rings. The van der Waals surface area contributed by atoms with Crippen molar-refractivity contribution in [2.24, 2.45) is 52.3 Å². The summed E-state index contributed by atoms with van der Waals surface area (Å²) < 4.78 is 48.3. The molecule has 376 valence electrons. The van der Waals surface area contributed by atoms with Crippen LogP contribution in [0.4, 0.5) is 0 Å². The van der Waals surface area contributed by atoms with Gasteiger partial charge in [0.05, 0.1) is 38.6 Å². The SMILES string of the molecule is COC1(CCC(C)COC2OC(CO)C(O)C(O)C2O)OC2CC3C4CCC5CC(OC6OC(CO)C(OC7OC(CO)C(O)C(O)C7O)C(O)C6O)CCC5(C)C4CCC3(C)C2C1C. The Hall–Kier alpha value is -0.760. The van der Waals surface area contributed by atoms with E-state index in [1.54, 1.807) is 7.11 Å². The van der Waals surface area contributed by atoms with Crippen molar-refractivity contribution >= 4 is 0 Å². The van der Waals surface area contributed by atoms with Crippen LogP contribution in [-0.4, -0.2) is 200 Å². The van der Waals surface area contributed by atoms with Gasteiger partial charge in [0.1, 0.15) is 73.2 Å². The first kappa shape index (κ1) is 50.6. The predicted octanol–water partition coefficient (Wildman–Crippen LogP) is -1.13. The highest BCUT2D eigenvalue weighted by Crippen LogP contribution is 2.71. The summed E-state index contributed by atoms with van der Waals surface area (Å²) in [6.07, 6.45) is -12.5. The van der Waals surface area contributed by atoms with Crippen LogP contribution in [0.3, 0.4) is 0 Å². The maximum absolute atomic E-state index is 11.2. The summed E-state index contributed by atoms with van der Waals surface area (Å²) in [5.74, 6) is 1.79. The zero-order valence-corrected chi connectivity index (χ0v) is 38.4. The van der Waals surface area contributed by atoms with Gasteiger partial charge in [0, 0.05) is 19.4 Å². The highest BCUT2D eigenvalue weighted by molar-refractivity contribution is 5.15. The van der Waals surface area contributed by atoms with Crippen molar-refractivity contribution in [3.05, 3.63) is 0 Å². The minimum absolute atomic E-state index is 0.0326. The van der Waals surface area contributed by atoms with Crippen molar-refractivity contribution in [1.29, 1.82) is 0 Å². The first-order valence-corrected chi connectivity index (χ1v) is 24.2. The van der Waals surface area contributed by atoms with E-state index in [2.05, 4.69) is 20.8 Å². The molecule has 0 aromatic heterocycles. The van der Waals surface area contributed by atoms with E-state index in [-0.39, 0.29) is 41.5 Å². The van der Waals surface area contributed by atoms with E-state index in [0.717, 1.165) is 57.8 Å². The maximum atomic E-state index is 11.2. The van der Waals surface area contributed by atoms with E-state index in [1.807, 2.05) is 6.92 Å². The van der Waals surface area contributed by atoms with Crippen LogP contribution in [0.15, 0.2) is 0 Å². The first-order chi connectivity index (χ1) is 30.9. The van der Waals surface area contributed by atoms with Crippen molar-refractivity contribution < 1.29 is 94.1 Å². The van der Waals surface area contributed by atoms with Crippen LogP contribution in [0, 0.1) is 52.3 Å². The van der Waals surface area contributed by atoms with Crippen LogP contribution >= 0.6 is 0 Å². The third-order valence-corrected chi connectivity index (χ3v) is 18.3. The zero-order chi connectivity index (χ0) is 46.9. The van der Waals surface area contributed by atoms with E-state index in [4.69, 9.17) is 37.9 Å². The molecule has 4 saturated carbocycles. The van der Waals surface area contributed by atoms with Gasteiger partial charge in [-0.3, -0.25) is 0 Å². The number of hydrogen-bond acceptors (Lipinski definition) is 19. The monoisotopic (exact) mass is 935 g/mol. The quantitative estimate of drug-likeness (QED) is 0.0920. The second-order valence-corrected chi connectivity index (χ2v) is 21.6. The molecule has 4 aliphatic carbocycles. The minimum Gasteiger partial charge on any atom is -0.394 e. The second-order valence-electron chi connectivity index (χ2n) is 21.6. The van der Waals surface area contributed by atoms with Crippen LogP contribution < -0.4 is 0 Å². The summed E-state index contributed by atoms with van der Waals surface area (Å²) in [7, 11) is 1.74. The molecule has 0 aromatic carbocycles. The smallest absolute Gasteiger partial charge is 0.187 e. The summed E-state index contributed by atoms with van der Waals surface area (Å²) in [6, 6.07) is 0. The minimum atomic E-state index is -1.74. The second kappa shape index (κ2) is 19.8. The lowest BCUT2D eigenvalue weighted by atomic mass is 9.44. The molecule has 19 nitrogen and oxygen atoms in total. The molecule has 19 heteroatoms. The zero-order valence-electron chi connectivity index (χ0n) is 38.4. The summed E-state index contributed by atoms with van der Waals surface area (Å²) in [6.45, 7) is 7.69. The van der Waals surface area contributed by atoms with E-state index in [0.29, 0.717) is 36.0 Å². The highest BCUT2D eigenvalue weighted by Gasteiger charge is 2.69. The van der Waals surface area contributed by atoms with E-state index < -0.39 is 118 Å². The standard InChI is InChI=1S/C46H78O19/c1-20(19-59-41-37(55)34(52)32(50)28(16-47)61-41)8-13-46(58-5)21(2)31-27(65-46)15-26-24-7-6-22-14-23(9-11-44(22,3)25(24)10-12-45(26,31)4)60-42-39(57)36(54)40(30(18-49)63-42)64-43-38(56)35(53)33(51)29(17-48)62-43/h20-43,47-57H,6-19H2,1-5H3. The van der Waals surface area contributed by atoms with Gasteiger partial charge in [-0.1, -0.05) is 27.7 Å². The normalized spacial score (nSPS) is 54.9. The number of fused-ring (bicyclic) bond motifs is 7. The lowest BCUT2D eigenvalue weighted by molar-refractivity contribution is -0.364. The molecule has 0 spiro atoms. The number of hydrogen-bond donors (Lipinski definition) is 11. The fourth-order valence-electron chi connectivity index (χ4n) is 14.5. The Bertz CT molecular complexity index is 1580. The number of methoxy groups -OCH3 is 1. The Kier molecular flexibility index (Phi) is 15.4. The van der Waals surface area contributed by atoms with Gasteiger partial charge in [-0.05, 0) is 104 Å². The molecule has 11 N–H and O–H groups in total. The molecule has 8 aliphatic rings. The number of aliphatic hydroxyl groups is 11. The summed E-state index contributed by atoms with van der Waals surface area (Å²) in [5.41, 5.74) is 0.192. The van der Waals surface area contributed by atoms with Crippen LogP contribution in [0.2, 0.25) is 0 Å². The molecule has 8 fully saturated rings. The van der Waals surface area contributed by atoms with Gasteiger partial charge >= 0.3 is 0 Å². The summed E-state index contributed by atoms with van der Waals surface area (Å²) >= 11 is 0. The molecule has 65 heavy (non-hydrogen) atoms. The van der Waals surface area contributed by atoms with Gasteiger partial charge in [0.15, 0.2) is 24.7 Å². The van der Waals surface area contributed by atoms with E-state index >= 15 is 0 Å². The fraction of sp³-hybridized carbons (Fsp3) is 1.00.